The summed E-state index contributed by atoms with van der Waals surface area (Å²) in [6, 6.07) is 11.6. The minimum absolute atomic E-state index is 0.0489. The molecule has 0 aliphatic heterocycles. The smallest absolute Gasteiger partial charge is 0.261 e. The highest BCUT2D eigenvalue weighted by molar-refractivity contribution is 7.14. The molecule has 0 bridgehead atoms. The van der Waals surface area contributed by atoms with Crippen molar-refractivity contribution in [3.8, 4) is 11.8 Å². The Morgan fingerprint density at radius 3 is 2.67 bits per heavy atom. The highest BCUT2D eigenvalue weighted by Crippen LogP contribution is 2.18. The summed E-state index contributed by atoms with van der Waals surface area (Å²) in [5, 5.41) is 11.6. The average molecular weight is 299 g/mol. The molecule has 1 amide bonds. The van der Waals surface area contributed by atoms with E-state index < -0.39 is 0 Å². The van der Waals surface area contributed by atoms with Crippen molar-refractivity contribution in [1.82, 2.24) is 5.32 Å². The fraction of sp³-hybridized carbons (Fsp3) is 0.235. The normalized spacial score (nSPS) is 11.4. The van der Waals surface area contributed by atoms with Crippen molar-refractivity contribution in [2.24, 2.45) is 0 Å². The molecule has 0 aliphatic rings. The molecule has 1 atom stereocenters. The molecule has 108 valence electrons. The van der Waals surface area contributed by atoms with Crippen molar-refractivity contribution in [2.75, 3.05) is 6.61 Å². The van der Waals surface area contributed by atoms with Crippen LogP contribution < -0.4 is 5.32 Å². The van der Waals surface area contributed by atoms with Crippen LogP contribution >= 0.6 is 11.3 Å². The summed E-state index contributed by atoms with van der Waals surface area (Å²) in [5.74, 6) is 5.27. The second-order valence-electron chi connectivity index (χ2n) is 4.73. The van der Waals surface area contributed by atoms with E-state index in [0.29, 0.717) is 4.88 Å². The summed E-state index contributed by atoms with van der Waals surface area (Å²) in [7, 11) is 0. The van der Waals surface area contributed by atoms with E-state index in [1.165, 1.54) is 16.9 Å². The van der Waals surface area contributed by atoms with Gasteiger partial charge in [0.15, 0.2) is 0 Å². The highest BCUT2D eigenvalue weighted by Gasteiger charge is 2.13. The van der Waals surface area contributed by atoms with Gasteiger partial charge in [0.2, 0.25) is 0 Å². The Hall–Kier alpha value is -2.09. The molecule has 1 unspecified atom stereocenters. The first kappa shape index (κ1) is 15.3. The predicted molar refractivity (Wildman–Crippen MR) is 85.3 cm³/mol. The van der Waals surface area contributed by atoms with Crippen LogP contribution in [-0.4, -0.2) is 17.6 Å². The topological polar surface area (TPSA) is 49.3 Å². The maximum Gasteiger partial charge on any atom is 0.261 e. The molecule has 0 saturated heterocycles. The summed E-state index contributed by atoms with van der Waals surface area (Å²) in [6.45, 7) is 3.82. The number of rotatable bonds is 3. The maximum atomic E-state index is 12.2. The molecule has 0 radical (unpaired) electrons. The van der Waals surface area contributed by atoms with Crippen molar-refractivity contribution >= 4 is 17.2 Å². The quantitative estimate of drug-likeness (QED) is 0.856. The van der Waals surface area contributed by atoms with Crippen LogP contribution in [0.15, 0.2) is 36.4 Å². The Morgan fingerprint density at radius 1 is 1.29 bits per heavy atom. The Labute approximate surface area is 128 Å². The molecule has 1 heterocycles. The summed E-state index contributed by atoms with van der Waals surface area (Å²) in [5.41, 5.74) is 2.27. The third kappa shape index (κ3) is 4.19. The first-order chi connectivity index (χ1) is 10.1. The Bertz CT molecular complexity index is 677. The van der Waals surface area contributed by atoms with Crippen molar-refractivity contribution < 1.29 is 9.90 Å². The lowest BCUT2D eigenvalue weighted by Crippen LogP contribution is -2.25. The molecule has 1 aromatic carbocycles. The highest BCUT2D eigenvalue weighted by atomic mass is 32.1. The van der Waals surface area contributed by atoms with Gasteiger partial charge in [-0.15, -0.1) is 11.3 Å². The van der Waals surface area contributed by atoms with Crippen LogP contribution in [-0.2, 0) is 0 Å². The number of benzene rings is 1. The number of nitrogens with one attached hydrogen (secondary N) is 1. The largest absolute Gasteiger partial charge is 0.384 e. The first-order valence-corrected chi connectivity index (χ1v) is 7.49. The lowest BCUT2D eigenvalue weighted by atomic mass is 10.1. The third-order valence-corrected chi connectivity index (χ3v) is 4.04. The Balaban J connectivity index is 2.03. The van der Waals surface area contributed by atoms with Gasteiger partial charge in [0.25, 0.3) is 5.91 Å². The van der Waals surface area contributed by atoms with E-state index in [2.05, 4.69) is 17.2 Å². The molecule has 0 saturated carbocycles. The number of amides is 1. The van der Waals surface area contributed by atoms with Gasteiger partial charge in [0.05, 0.1) is 15.8 Å². The summed E-state index contributed by atoms with van der Waals surface area (Å²) in [4.78, 5) is 13.6. The second-order valence-corrected chi connectivity index (χ2v) is 5.81. The molecular formula is C17H17NO2S. The number of aliphatic hydroxyl groups excluding tert-OH is 1. The molecular weight excluding hydrogens is 282 g/mol. The Kier molecular flexibility index (Phi) is 5.15. The van der Waals surface area contributed by atoms with Crippen molar-refractivity contribution in [1.29, 1.82) is 0 Å². The van der Waals surface area contributed by atoms with Gasteiger partial charge < -0.3 is 10.4 Å². The molecule has 4 heteroatoms. The van der Waals surface area contributed by atoms with Crippen LogP contribution in [0.2, 0.25) is 0 Å². The molecule has 0 aliphatic carbocycles. The van der Waals surface area contributed by atoms with Gasteiger partial charge in [-0.3, -0.25) is 4.79 Å². The molecule has 0 fully saturated rings. The summed E-state index contributed by atoms with van der Waals surface area (Å²) >= 11 is 1.32. The van der Waals surface area contributed by atoms with E-state index in [1.54, 1.807) is 12.1 Å². The number of aryl methyl sites for hydroxylation is 1. The fourth-order valence-corrected chi connectivity index (χ4v) is 2.64. The van der Waals surface area contributed by atoms with E-state index >= 15 is 0 Å². The summed E-state index contributed by atoms with van der Waals surface area (Å²) in [6.07, 6.45) is 0. The van der Waals surface area contributed by atoms with Crippen LogP contribution in [0.4, 0.5) is 0 Å². The van der Waals surface area contributed by atoms with Crippen LogP contribution in [0, 0.1) is 18.8 Å². The Morgan fingerprint density at radius 2 is 2.00 bits per heavy atom. The standard InChI is InChI=1S/C17H17NO2S/c1-12-5-7-14(8-6-12)13(2)18-17(20)16-10-9-15(21-16)4-3-11-19/h5-10,13,19H,11H2,1-2H3,(H,18,20). The van der Waals surface area contributed by atoms with Gasteiger partial charge in [-0.05, 0) is 31.5 Å². The maximum absolute atomic E-state index is 12.2. The predicted octanol–water partition coefficient (Wildman–Crippen LogP) is 2.89. The van der Waals surface area contributed by atoms with E-state index in [-0.39, 0.29) is 18.6 Å². The average Bonchev–Trinajstić information content (AvgIpc) is 2.94. The molecule has 2 aromatic rings. The van der Waals surface area contributed by atoms with Crippen LogP contribution in [0.1, 0.15) is 38.6 Å². The molecule has 2 N–H and O–H groups in total. The lowest BCUT2D eigenvalue weighted by molar-refractivity contribution is 0.0944. The van der Waals surface area contributed by atoms with Gasteiger partial charge in [-0.25, -0.2) is 0 Å². The van der Waals surface area contributed by atoms with Crippen LogP contribution in [0.25, 0.3) is 0 Å². The molecule has 21 heavy (non-hydrogen) atoms. The summed E-state index contributed by atoms with van der Waals surface area (Å²) < 4.78 is 0. The number of aliphatic hydroxyl groups is 1. The van der Waals surface area contributed by atoms with Crippen molar-refractivity contribution in [3.63, 3.8) is 0 Å². The van der Waals surface area contributed by atoms with Crippen LogP contribution in [0.3, 0.4) is 0 Å². The monoisotopic (exact) mass is 299 g/mol. The minimum atomic E-state index is -0.177. The number of hydrogen-bond acceptors (Lipinski definition) is 3. The lowest BCUT2D eigenvalue weighted by Gasteiger charge is -2.13. The van der Waals surface area contributed by atoms with Crippen molar-refractivity contribution in [3.05, 3.63) is 57.3 Å². The van der Waals surface area contributed by atoms with Crippen LogP contribution in [0.5, 0.6) is 0 Å². The first-order valence-electron chi connectivity index (χ1n) is 6.67. The number of thiophene rings is 1. The van der Waals surface area contributed by atoms with E-state index in [0.717, 1.165) is 10.4 Å². The van der Waals surface area contributed by atoms with E-state index in [1.807, 2.05) is 38.1 Å². The van der Waals surface area contributed by atoms with Gasteiger partial charge in [0, 0.05) is 0 Å². The second kappa shape index (κ2) is 7.07. The number of hydrogen-bond donors (Lipinski definition) is 2. The number of carbonyl (C=O) groups excluding carboxylic acids is 1. The zero-order chi connectivity index (χ0) is 15.2. The third-order valence-electron chi connectivity index (χ3n) is 3.05. The fourth-order valence-electron chi connectivity index (χ4n) is 1.86. The molecule has 3 nitrogen and oxygen atoms in total. The number of carbonyl (C=O) groups is 1. The van der Waals surface area contributed by atoms with Gasteiger partial charge in [-0.2, -0.15) is 0 Å². The van der Waals surface area contributed by atoms with E-state index in [4.69, 9.17) is 5.11 Å². The molecule has 2 rings (SSSR count). The van der Waals surface area contributed by atoms with Gasteiger partial charge in [0.1, 0.15) is 6.61 Å². The van der Waals surface area contributed by atoms with Gasteiger partial charge in [-0.1, -0.05) is 41.7 Å². The van der Waals surface area contributed by atoms with Gasteiger partial charge >= 0.3 is 0 Å². The zero-order valence-corrected chi connectivity index (χ0v) is 12.8. The van der Waals surface area contributed by atoms with E-state index in [9.17, 15) is 4.79 Å². The SMILES string of the molecule is Cc1ccc(C(C)NC(=O)c2ccc(C#CCO)s2)cc1. The minimum Gasteiger partial charge on any atom is -0.384 e. The zero-order valence-electron chi connectivity index (χ0n) is 12.0. The van der Waals surface area contributed by atoms with Crippen molar-refractivity contribution in [2.45, 2.75) is 19.9 Å². The molecule has 1 aromatic heterocycles. The molecule has 0 spiro atoms.